The summed E-state index contributed by atoms with van der Waals surface area (Å²) < 4.78 is 24.0. The Morgan fingerprint density at radius 2 is 1.87 bits per heavy atom. The third-order valence-electron chi connectivity index (χ3n) is 2.60. The first-order valence-electron chi connectivity index (χ1n) is 5.15. The second-order valence-corrected chi connectivity index (χ2v) is 5.79. The van der Waals surface area contributed by atoms with Gasteiger partial charge in [0.15, 0.2) is 0 Å². The van der Waals surface area contributed by atoms with E-state index in [9.17, 15) is 8.42 Å². The molecule has 0 aromatic carbocycles. The van der Waals surface area contributed by atoms with Gasteiger partial charge in [0.05, 0.1) is 6.26 Å². The van der Waals surface area contributed by atoms with Crippen molar-refractivity contribution in [2.75, 3.05) is 39.0 Å². The molecule has 0 aliphatic carbocycles. The van der Waals surface area contributed by atoms with Gasteiger partial charge in [0.1, 0.15) is 0 Å². The van der Waals surface area contributed by atoms with Crippen molar-refractivity contribution < 1.29 is 8.42 Å². The molecule has 1 aliphatic heterocycles. The highest BCUT2D eigenvalue weighted by atomic mass is 32.2. The van der Waals surface area contributed by atoms with Crippen LogP contribution < -0.4 is 0 Å². The Bertz CT molecular complexity index is 324. The van der Waals surface area contributed by atoms with E-state index in [0.29, 0.717) is 13.1 Å². The molecule has 0 aromatic rings. The minimum Gasteiger partial charge on any atom is -0.301 e. The van der Waals surface area contributed by atoms with Crippen molar-refractivity contribution in [3.8, 4) is 12.3 Å². The standard InChI is InChI=1S/C10H18N2O2S/c1-3-4-5-6-11-7-9-12(10-8-11)15(2,13)14/h1H,4-10H2,2H3. The first kappa shape index (κ1) is 12.5. The van der Waals surface area contributed by atoms with Gasteiger partial charge in [-0.25, -0.2) is 8.42 Å². The second-order valence-electron chi connectivity index (χ2n) is 3.81. The number of sulfonamides is 1. The molecule has 0 radical (unpaired) electrons. The summed E-state index contributed by atoms with van der Waals surface area (Å²) in [7, 11) is -3.00. The second kappa shape index (κ2) is 5.50. The Morgan fingerprint density at radius 3 is 2.33 bits per heavy atom. The molecule has 4 nitrogen and oxygen atoms in total. The van der Waals surface area contributed by atoms with Crippen molar-refractivity contribution >= 4 is 10.0 Å². The van der Waals surface area contributed by atoms with E-state index in [0.717, 1.165) is 32.5 Å². The molecule has 0 saturated carbocycles. The van der Waals surface area contributed by atoms with Crippen LogP contribution in [-0.2, 0) is 10.0 Å². The average molecular weight is 230 g/mol. The first-order chi connectivity index (χ1) is 7.04. The van der Waals surface area contributed by atoms with E-state index in [1.807, 2.05) is 0 Å². The summed E-state index contributed by atoms with van der Waals surface area (Å²) in [5.74, 6) is 2.61. The van der Waals surface area contributed by atoms with E-state index in [1.165, 1.54) is 10.6 Å². The summed E-state index contributed by atoms with van der Waals surface area (Å²) in [5, 5.41) is 0. The highest BCUT2D eigenvalue weighted by Crippen LogP contribution is 2.06. The van der Waals surface area contributed by atoms with E-state index < -0.39 is 10.0 Å². The zero-order chi connectivity index (χ0) is 11.3. The molecule has 5 heteroatoms. The van der Waals surface area contributed by atoms with Crippen LogP contribution >= 0.6 is 0 Å². The average Bonchev–Trinajstić information content (AvgIpc) is 2.18. The fourth-order valence-electron chi connectivity index (χ4n) is 1.69. The fourth-order valence-corrected chi connectivity index (χ4v) is 2.52. The minimum absolute atomic E-state index is 0.606. The quantitative estimate of drug-likeness (QED) is 0.503. The molecular weight excluding hydrogens is 212 g/mol. The number of unbranched alkanes of at least 4 members (excludes halogenated alkanes) is 1. The van der Waals surface area contributed by atoms with Crippen molar-refractivity contribution in [3.05, 3.63) is 0 Å². The van der Waals surface area contributed by atoms with Crippen molar-refractivity contribution in [1.82, 2.24) is 9.21 Å². The molecule has 1 rings (SSSR count). The Hall–Kier alpha value is -0.570. The molecule has 1 fully saturated rings. The van der Waals surface area contributed by atoms with Crippen LogP contribution in [0.5, 0.6) is 0 Å². The molecule has 0 N–H and O–H groups in total. The van der Waals surface area contributed by atoms with Crippen LogP contribution in [0.3, 0.4) is 0 Å². The van der Waals surface area contributed by atoms with Gasteiger partial charge in [0.25, 0.3) is 0 Å². The summed E-state index contributed by atoms with van der Waals surface area (Å²) in [5.41, 5.74) is 0. The fraction of sp³-hybridized carbons (Fsp3) is 0.800. The number of hydrogen-bond donors (Lipinski definition) is 0. The summed E-state index contributed by atoms with van der Waals surface area (Å²) in [6, 6.07) is 0. The maximum atomic E-state index is 11.2. The Balaban J connectivity index is 2.28. The lowest BCUT2D eigenvalue weighted by molar-refractivity contribution is 0.188. The van der Waals surface area contributed by atoms with Gasteiger partial charge < -0.3 is 4.90 Å². The number of nitrogens with zero attached hydrogens (tertiary/aromatic N) is 2. The number of piperazine rings is 1. The predicted molar refractivity (Wildman–Crippen MR) is 60.9 cm³/mol. The van der Waals surface area contributed by atoms with Crippen LogP contribution in [0, 0.1) is 12.3 Å². The van der Waals surface area contributed by atoms with Gasteiger partial charge in [-0.05, 0) is 13.0 Å². The molecule has 0 aromatic heterocycles. The molecule has 0 amide bonds. The van der Waals surface area contributed by atoms with E-state index in [2.05, 4.69) is 10.8 Å². The van der Waals surface area contributed by atoms with Gasteiger partial charge in [-0.15, -0.1) is 12.3 Å². The Morgan fingerprint density at radius 1 is 1.27 bits per heavy atom. The van der Waals surface area contributed by atoms with Crippen molar-refractivity contribution in [2.45, 2.75) is 12.8 Å². The lowest BCUT2D eigenvalue weighted by atomic mass is 10.3. The maximum Gasteiger partial charge on any atom is 0.211 e. The molecule has 0 bridgehead atoms. The normalized spacial score (nSPS) is 20.0. The van der Waals surface area contributed by atoms with Gasteiger partial charge in [-0.2, -0.15) is 4.31 Å². The highest BCUT2D eigenvalue weighted by molar-refractivity contribution is 7.88. The van der Waals surface area contributed by atoms with E-state index >= 15 is 0 Å². The molecule has 1 aliphatic rings. The Kier molecular flexibility index (Phi) is 4.58. The van der Waals surface area contributed by atoms with Gasteiger partial charge in [0.2, 0.25) is 10.0 Å². The Labute approximate surface area is 92.3 Å². The van der Waals surface area contributed by atoms with E-state index in [-0.39, 0.29) is 0 Å². The van der Waals surface area contributed by atoms with Crippen LogP contribution in [0.15, 0.2) is 0 Å². The SMILES string of the molecule is C#CCCCN1CCN(S(C)(=O)=O)CC1. The minimum atomic E-state index is -3.00. The third kappa shape index (κ3) is 4.20. The monoisotopic (exact) mass is 230 g/mol. The van der Waals surface area contributed by atoms with Gasteiger partial charge in [-0.1, -0.05) is 0 Å². The van der Waals surface area contributed by atoms with Crippen molar-refractivity contribution in [2.24, 2.45) is 0 Å². The molecule has 1 heterocycles. The third-order valence-corrected chi connectivity index (χ3v) is 3.90. The van der Waals surface area contributed by atoms with Gasteiger partial charge in [-0.3, -0.25) is 0 Å². The van der Waals surface area contributed by atoms with Crippen LogP contribution in [0.4, 0.5) is 0 Å². The first-order valence-corrected chi connectivity index (χ1v) is 7.00. The smallest absolute Gasteiger partial charge is 0.211 e. The van der Waals surface area contributed by atoms with Gasteiger partial charge in [0, 0.05) is 32.6 Å². The molecule has 0 atom stereocenters. The maximum absolute atomic E-state index is 11.2. The summed E-state index contributed by atoms with van der Waals surface area (Å²) in [6.45, 7) is 3.82. The summed E-state index contributed by atoms with van der Waals surface area (Å²) >= 11 is 0. The predicted octanol–water partition coefficient (Wildman–Crippen LogP) is -0.0230. The van der Waals surface area contributed by atoms with Gasteiger partial charge >= 0.3 is 0 Å². The zero-order valence-corrected chi connectivity index (χ0v) is 9.96. The molecular formula is C10H18N2O2S. The zero-order valence-electron chi connectivity index (χ0n) is 9.15. The summed E-state index contributed by atoms with van der Waals surface area (Å²) in [4.78, 5) is 2.26. The summed E-state index contributed by atoms with van der Waals surface area (Å²) in [6.07, 6.45) is 8.23. The lowest BCUT2D eigenvalue weighted by Gasteiger charge is -2.33. The topological polar surface area (TPSA) is 40.6 Å². The van der Waals surface area contributed by atoms with Crippen LogP contribution in [0.1, 0.15) is 12.8 Å². The molecule has 1 saturated heterocycles. The molecule has 86 valence electrons. The number of hydrogen-bond acceptors (Lipinski definition) is 3. The van der Waals surface area contributed by atoms with Crippen molar-refractivity contribution in [3.63, 3.8) is 0 Å². The lowest BCUT2D eigenvalue weighted by Crippen LogP contribution is -2.48. The number of terminal acetylenes is 1. The van der Waals surface area contributed by atoms with E-state index in [4.69, 9.17) is 6.42 Å². The molecule has 15 heavy (non-hydrogen) atoms. The van der Waals surface area contributed by atoms with E-state index in [1.54, 1.807) is 0 Å². The highest BCUT2D eigenvalue weighted by Gasteiger charge is 2.22. The van der Waals surface area contributed by atoms with Crippen LogP contribution in [0.2, 0.25) is 0 Å². The largest absolute Gasteiger partial charge is 0.301 e. The molecule has 0 unspecified atom stereocenters. The molecule has 0 spiro atoms. The van der Waals surface area contributed by atoms with Crippen molar-refractivity contribution in [1.29, 1.82) is 0 Å². The van der Waals surface area contributed by atoms with Crippen LogP contribution in [0.25, 0.3) is 0 Å². The van der Waals surface area contributed by atoms with Crippen LogP contribution in [-0.4, -0.2) is 56.6 Å². The number of rotatable bonds is 4.